The van der Waals surface area contributed by atoms with Crippen molar-refractivity contribution in [3.63, 3.8) is 0 Å². The van der Waals surface area contributed by atoms with Crippen molar-refractivity contribution in [3.8, 4) is 11.5 Å². The number of aliphatic imine (C=N–C) groups is 1. The molecule has 1 unspecified atom stereocenters. The number of carbonyl (C=O) groups is 4. The number of thiophene rings is 1. The lowest BCUT2D eigenvalue weighted by molar-refractivity contribution is -0.116. The number of ether oxygens (including phenoxy) is 2. The van der Waals surface area contributed by atoms with Crippen LogP contribution in [0.1, 0.15) is 56.2 Å². The van der Waals surface area contributed by atoms with E-state index in [1.54, 1.807) is 56.2 Å². The molecule has 2 N–H and O–H groups in total. The first-order valence-corrected chi connectivity index (χ1v) is 16.2. The average Bonchev–Trinajstić information content (AvgIpc) is 3.77. The summed E-state index contributed by atoms with van der Waals surface area (Å²) in [7, 11) is 6.67. The maximum Gasteiger partial charge on any atom is 0.272 e. The van der Waals surface area contributed by atoms with Crippen molar-refractivity contribution < 1.29 is 28.7 Å². The maximum atomic E-state index is 13.1. The van der Waals surface area contributed by atoms with Crippen molar-refractivity contribution in [3.05, 3.63) is 64.8 Å². The van der Waals surface area contributed by atoms with Crippen molar-refractivity contribution in [1.82, 2.24) is 14.4 Å². The van der Waals surface area contributed by atoms with Crippen molar-refractivity contribution in [1.29, 1.82) is 0 Å². The highest BCUT2D eigenvalue weighted by molar-refractivity contribution is 7.20. The second-order valence-corrected chi connectivity index (χ2v) is 12.8. The Morgan fingerprint density at radius 1 is 1.06 bits per heavy atom. The number of nitrogens with one attached hydrogen (secondary N) is 2. The largest absolute Gasteiger partial charge is 0.493 e. The van der Waals surface area contributed by atoms with Crippen molar-refractivity contribution in [2.24, 2.45) is 12.0 Å². The third-order valence-electron chi connectivity index (χ3n) is 8.18. The molecule has 2 aliphatic rings. The van der Waals surface area contributed by atoms with Crippen LogP contribution < -0.4 is 20.1 Å². The quantitative estimate of drug-likeness (QED) is 0.222. The molecule has 244 valence electrons. The Hall–Kier alpha value is -5.17. The second kappa shape index (κ2) is 13.3. The molecule has 1 fully saturated rings. The monoisotopic (exact) mass is 656 g/mol. The number of aromatic nitrogens is 1. The van der Waals surface area contributed by atoms with Crippen LogP contribution in [0.15, 0.2) is 53.7 Å². The molecule has 0 spiro atoms. The molecule has 0 saturated carbocycles. The summed E-state index contributed by atoms with van der Waals surface area (Å²) in [6.07, 6.45) is 5.98. The van der Waals surface area contributed by atoms with Crippen molar-refractivity contribution in [2.75, 3.05) is 45.0 Å². The van der Waals surface area contributed by atoms with Gasteiger partial charge in [-0.1, -0.05) is 0 Å². The van der Waals surface area contributed by atoms with Gasteiger partial charge in [-0.25, -0.2) is 0 Å². The smallest absolute Gasteiger partial charge is 0.272 e. The number of hydrogen-bond donors (Lipinski definition) is 2. The highest BCUT2D eigenvalue weighted by atomic mass is 32.1. The van der Waals surface area contributed by atoms with E-state index in [1.165, 1.54) is 23.3 Å². The number of aryl methyl sites for hydroxylation is 1. The number of fused-ring (bicyclic) bond motifs is 3. The van der Waals surface area contributed by atoms with E-state index in [0.717, 1.165) is 22.9 Å². The Morgan fingerprint density at radius 3 is 2.68 bits per heavy atom. The number of amides is 4. The number of carbonyl (C=O) groups excluding carboxylic acids is 4. The van der Waals surface area contributed by atoms with Crippen molar-refractivity contribution >= 4 is 68.3 Å². The van der Waals surface area contributed by atoms with Gasteiger partial charge in [0.25, 0.3) is 17.7 Å². The first-order valence-electron chi connectivity index (χ1n) is 15.3. The van der Waals surface area contributed by atoms with Crippen molar-refractivity contribution in [2.45, 2.75) is 31.7 Å². The van der Waals surface area contributed by atoms with E-state index >= 15 is 0 Å². The Kier molecular flexibility index (Phi) is 8.99. The van der Waals surface area contributed by atoms with Crippen LogP contribution in [0, 0.1) is 0 Å². The number of nitrogens with zero attached hydrogens (tertiary/aromatic N) is 4. The molecular weight excluding hydrogens is 620 g/mol. The molecule has 6 rings (SSSR count). The number of hydrogen-bond acceptors (Lipinski definition) is 8. The average molecular weight is 657 g/mol. The van der Waals surface area contributed by atoms with E-state index < -0.39 is 0 Å². The molecule has 47 heavy (non-hydrogen) atoms. The van der Waals surface area contributed by atoms with E-state index in [9.17, 15) is 19.2 Å². The van der Waals surface area contributed by atoms with Gasteiger partial charge in [-0.05, 0) is 61.0 Å². The van der Waals surface area contributed by atoms with Gasteiger partial charge in [0.2, 0.25) is 5.91 Å². The minimum atomic E-state index is -0.332. The molecule has 0 bridgehead atoms. The molecule has 2 aromatic carbocycles. The van der Waals surface area contributed by atoms with Gasteiger partial charge in [-0.2, -0.15) is 0 Å². The molecule has 2 aromatic heterocycles. The topological polar surface area (TPSA) is 135 Å². The fourth-order valence-corrected chi connectivity index (χ4v) is 6.82. The van der Waals surface area contributed by atoms with Crippen LogP contribution in [0.4, 0.5) is 17.1 Å². The van der Waals surface area contributed by atoms with Crippen LogP contribution in [-0.2, 0) is 11.8 Å². The van der Waals surface area contributed by atoms with Gasteiger partial charge in [0.05, 0.1) is 41.6 Å². The van der Waals surface area contributed by atoms with Gasteiger partial charge in [-0.15, -0.1) is 11.3 Å². The fourth-order valence-electron chi connectivity index (χ4n) is 5.76. The third kappa shape index (κ3) is 6.70. The third-order valence-corrected chi connectivity index (χ3v) is 9.28. The van der Waals surface area contributed by atoms with E-state index in [-0.39, 0.29) is 42.7 Å². The fraction of sp³-hybridized carbons (Fsp3) is 0.324. The first kappa shape index (κ1) is 31.8. The lowest BCUT2D eigenvalue weighted by atomic mass is 10.1. The van der Waals surface area contributed by atoms with Crippen LogP contribution in [0.25, 0.3) is 10.1 Å². The Labute approximate surface area is 276 Å². The molecule has 4 aromatic rings. The Morgan fingerprint density at radius 2 is 1.89 bits per heavy atom. The van der Waals surface area contributed by atoms with Gasteiger partial charge >= 0.3 is 0 Å². The summed E-state index contributed by atoms with van der Waals surface area (Å²) in [6.45, 7) is 0.960. The minimum absolute atomic E-state index is 0.0103. The zero-order valence-electron chi connectivity index (χ0n) is 26.7. The maximum absolute atomic E-state index is 13.1. The summed E-state index contributed by atoms with van der Waals surface area (Å²) in [6, 6.07) is 12.3. The lowest BCUT2D eigenvalue weighted by Gasteiger charge is -2.20. The molecule has 1 saturated heterocycles. The van der Waals surface area contributed by atoms with Gasteiger partial charge in [0, 0.05) is 63.0 Å². The molecule has 0 aliphatic carbocycles. The zero-order chi connectivity index (χ0) is 33.2. The standard InChI is InChI=1S/C34H36N6O6S/c1-38(2)34(44)30-14-20-13-21(9-10-29(20)47-30)37-32(42)26-15-22(19-39(26)3)36-31(41)8-6-12-46-28-17-25-24(16-27(28)45-4)33(43)40-11-5-7-23(40)18-35-25/h9-10,13-19,23H,5-8,11-12H2,1-4H3,(H,36,41)(H,37,42). The van der Waals surface area contributed by atoms with Crippen LogP contribution in [-0.4, -0.2) is 84.6 Å². The van der Waals surface area contributed by atoms with Crippen LogP contribution in [0.3, 0.4) is 0 Å². The molecule has 12 nitrogen and oxygen atoms in total. The Balaban J connectivity index is 1.02. The zero-order valence-corrected chi connectivity index (χ0v) is 27.5. The summed E-state index contributed by atoms with van der Waals surface area (Å²) in [5, 5.41) is 6.61. The predicted molar refractivity (Wildman–Crippen MR) is 182 cm³/mol. The van der Waals surface area contributed by atoms with Gasteiger partial charge in [-0.3, -0.25) is 24.2 Å². The summed E-state index contributed by atoms with van der Waals surface area (Å²) >= 11 is 1.41. The van der Waals surface area contributed by atoms with Crippen LogP contribution >= 0.6 is 11.3 Å². The highest BCUT2D eigenvalue weighted by Crippen LogP contribution is 2.38. The normalized spacial score (nSPS) is 15.2. The van der Waals surface area contributed by atoms with E-state index in [0.29, 0.717) is 57.7 Å². The molecule has 1 atom stereocenters. The van der Waals surface area contributed by atoms with Crippen LogP contribution in [0.2, 0.25) is 0 Å². The number of rotatable bonds is 10. The first-order chi connectivity index (χ1) is 22.6. The second-order valence-electron chi connectivity index (χ2n) is 11.7. The number of anilines is 2. The molecule has 13 heteroatoms. The molecular formula is C34H36N6O6S. The predicted octanol–water partition coefficient (Wildman–Crippen LogP) is 5.32. The van der Waals surface area contributed by atoms with Gasteiger partial charge in [0.1, 0.15) is 5.69 Å². The number of benzene rings is 2. The van der Waals surface area contributed by atoms with Gasteiger partial charge < -0.3 is 34.5 Å². The molecule has 4 heterocycles. The minimum Gasteiger partial charge on any atom is -0.493 e. The van der Waals surface area contributed by atoms with E-state index in [2.05, 4.69) is 15.6 Å². The van der Waals surface area contributed by atoms with Gasteiger partial charge in [0.15, 0.2) is 11.5 Å². The van der Waals surface area contributed by atoms with Crippen LogP contribution in [0.5, 0.6) is 11.5 Å². The van der Waals surface area contributed by atoms with E-state index in [1.807, 2.05) is 29.3 Å². The SMILES string of the molecule is COc1cc2c(cc1OCCCC(=O)Nc1cc(C(=O)Nc3ccc4sc(C(=O)N(C)C)cc4c3)n(C)c1)N=CC1CCCN1C2=O. The summed E-state index contributed by atoms with van der Waals surface area (Å²) in [5.74, 6) is 0.211. The summed E-state index contributed by atoms with van der Waals surface area (Å²) in [5.41, 5.74) is 2.49. The molecule has 0 radical (unpaired) electrons. The Bertz CT molecular complexity index is 1910. The summed E-state index contributed by atoms with van der Waals surface area (Å²) in [4.78, 5) is 59.8. The van der Waals surface area contributed by atoms with E-state index in [4.69, 9.17) is 9.47 Å². The number of methoxy groups -OCH3 is 1. The summed E-state index contributed by atoms with van der Waals surface area (Å²) < 4.78 is 14.0. The highest BCUT2D eigenvalue weighted by Gasteiger charge is 2.32. The lowest BCUT2D eigenvalue weighted by Crippen LogP contribution is -2.35. The molecule has 2 aliphatic heterocycles. The molecule has 4 amide bonds.